The molecule has 10 heteroatoms. The summed E-state index contributed by atoms with van der Waals surface area (Å²) in [5.41, 5.74) is 7.42. The minimum absolute atomic E-state index is 0.0000616. The lowest BCUT2D eigenvalue weighted by molar-refractivity contribution is -0.118. The predicted molar refractivity (Wildman–Crippen MR) is 104 cm³/mol. The highest BCUT2D eigenvalue weighted by Crippen LogP contribution is 2.23. The number of hydrogen-bond acceptors (Lipinski definition) is 6. The number of benzene rings is 2. The lowest BCUT2D eigenvalue weighted by atomic mass is 10.2. The van der Waals surface area contributed by atoms with Crippen molar-refractivity contribution in [1.29, 1.82) is 0 Å². The molecule has 28 heavy (non-hydrogen) atoms. The van der Waals surface area contributed by atoms with Gasteiger partial charge in [0.2, 0.25) is 5.82 Å². The second-order valence-electron chi connectivity index (χ2n) is 5.71. The first-order valence-corrected chi connectivity index (χ1v) is 8.83. The number of aliphatic imine (C=N–C) groups is 1. The van der Waals surface area contributed by atoms with E-state index in [2.05, 4.69) is 41.2 Å². The van der Waals surface area contributed by atoms with Gasteiger partial charge in [-0.2, -0.15) is 0 Å². The van der Waals surface area contributed by atoms with Crippen molar-refractivity contribution in [1.82, 2.24) is 10.3 Å². The molecule has 2 aromatic carbocycles. The molecule has 1 heterocycles. The summed E-state index contributed by atoms with van der Waals surface area (Å²) in [4.78, 5) is 16.2. The topological polar surface area (TPSA) is 116 Å². The zero-order valence-corrected chi connectivity index (χ0v) is 16.2. The third-order valence-electron chi connectivity index (χ3n) is 3.53. The number of carbonyl (C=O) groups is 1. The Hall–Kier alpha value is -3.27. The second kappa shape index (κ2) is 8.61. The van der Waals surface area contributed by atoms with E-state index in [0.717, 1.165) is 5.56 Å². The Kier molecular flexibility index (Phi) is 5.99. The fourth-order valence-corrected chi connectivity index (χ4v) is 2.50. The SMILES string of the molecule is Cc1ccc(OCC(=O)Nc2nonc2C(N)=Nc2ccc(F)c(Br)c2)cc1. The molecule has 0 fully saturated rings. The van der Waals surface area contributed by atoms with Crippen LogP contribution in [0.3, 0.4) is 0 Å². The first kappa shape index (κ1) is 19.5. The largest absolute Gasteiger partial charge is 0.484 e. The molecule has 0 aliphatic rings. The molecule has 144 valence electrons. The Balaban J connectivity index is 1.66. The Labute approximate surface area is 167 Å². The van der Waals surface area contributed by atoms with Gasteiger partial charge in [-0.25, -0.2) is 14.0 Å². The number of halogens is 2. The molecule has 3 N–H and O–H groups in total. The van der Waals surface area contributed by atoms with Gasteiger partial charge in [-0.15, -0.1) is 0 Å². The van der Waals surface area contributed by atoms with Crippen molar-refractivity contribution in [3.8, 4) is 5.75 Å². The Morgan fingerprint density at radius 3 is 2.75 bits per heavy atom. The van der Waals surface area contributed by atoms with Gasteiger partial charge in [-0.3, -0.25) is 4.79 Å². The van der Waals surface area contributed by atoms with E-state index in [1.54, 1.807) is 12.1 Å². The van der Waals surface area contributed by atoms with Crippen molar-refractivity contribution in [2.75, 3.05) is 11.9 Å². The molecule has 8 nitrogen and oxygen atoms in total. The summed E-state index contributed by atoms with van der Waals surface area (Å²) >= 11 is 3.07. The number of nitrogens with two attached hydrogens (primary N) is 1. The molecule has 0 atom stereocenters. The van der Waals surface area contributed by atoms with Crippen LogP contribution in [-0.2, 0) is 4.79 Å². The maximum Gasteiger partial charge on any atom is 0.263 e. The van der Waals surface area contributed by atoms with E-state index in [-0.39, 0.29) is 28.4 Å². The quantitative estimate of drug-likeness (QED) is 0.442. The van der Waals surface area contributed by atoms with Crippen molar-refractivity contribution in [3.63, 3.8) is 0 Å². The van der Waals surface area contributed by atoms with E-state index in [4.69, 9.17) is 10.5 Å². The summed E-state index contributed by atoms with van der Waals surface area (Å²) in [6, 6.07) is 11.4. The summed E-state index contributed by atoms with van der Waals surface area (Å²) < 4.78 is 23.6. The highest BCUT2D eigenvalue weighted by Gasteiger charge is 2.17. The van der Waals surface area contributed by atoms with Crippen LogP contribution >= 0.6 is 15.9 Å². The number of nitrogens with one attached hydrogen (secondary N) is 1. The first-order chi connectivity index (χ1) is 13.4. The standard InChI is InChI=1S/C18H15BrFN5O3/c1-10-2-5-12(6-3-10)27-9-15(26)23-18-16(24-28-25-18)17(21)22-11-4-7-14(20)13(19)8-11/h2-8H,9H2,1H3,(H2,21,22)(H,23,25,26). The van der Waals surface area contributed by atoms with Crippen LogP contribution in [0.5, 0.6) is 5.75 Å². The van der Waals surface area contributed by atoms with Gasteiger partial charge >= 0.3 is 0 Å². The van der Waals surface area contributed by atoms with Crippen LogP contribution in [-0.4, -0.2) is 28.7 Å². The summed E-state index contributed by atoms with van der Waals surface area (Å²) in [6.45, 7) is 1.71. The van der Waals surface area contributed by atoms with E-state index in [1.165, 1.54) is 18.2 Å². The van der Waals surface area contributed by atoms with Gasteiger partial charge in [0.05, 0.1) is 10.2 Å². The van der Waals surface area contributed by atoms with Gasteiger partial charge in [0.15, 0.2) is 18.1 Å². The monoisotopic (exact) mass is 447 g/mol. The van der Waals surface area contributed by atoms with Crippen LogP contribution in [0.4, 0.5) is 15.9 Å². The lowest BCUT2D eigenvalue weighted by Crippen LogP contribution is -2.23. The maximum atomic E-state index is 13.3. The van der Waals surface area contributed by atoms with E-state index in [1.807, 2.05) is 19.1 Å². The summed E-state index contributed by atoms with van der Waals surface area (Å²) in [7, 11) is 0. The van der Waals surface area contributed by atoms with Crippen LogP contribution in [0.1, 0.15) is 11.3 Å². The number of nitrogens with zero attached hydrogens (tertiary/aromatic N) is 3. The number of aromatic nitrogens is 2. The van der Waals surface area contributed by atoms with Crippen molar-refractivity contribution < 1.29 is 18.6 Å². The van der Waals surface area contributed by atoms with Crippen LogP contribution in [0.2, 0.25) is 0 Å². The molecule has 3 rings (SSSR count). The normalized spacial score (nSPS) is 11.3. The highest BCUT2D eigenvalue weighted by molar-refractivity contribution is 9.10. The van der Waals surface area contributed by atoms with Gasteiger partial charge in [-0.05, 0) is 63.5 Å². The number of aryl methyl sites for hydroxylation is 1. The van der Waals surface area contributed by atoms with Gasteiger partial charge < -0.3 is 15.8 Å². The van der Waals surface area contributed by atoms with Gasteiger partial charge in [0, 0.05) is 0 Å². The average molecular weight is 448 g/mol. The third kappa shape index (κ3) is 4.92. The molecule has 1 amide bonds. The summed E-state index contributed by atoms with van der Waals surface area (Å²) in [5, 5.41) is 9.76. The minimum Gasteiger partial charge on any atom is -0.484 e. The van der Waals surface area contributed by atoms with E-state index in [0.29, 0.717) is 11.4 Å². The number of amides is 1. The van der Waals surface area contributed by atoms with Gasteiger partial charge in [-0.1, -0.05) is 17.7 Å². The fraction of sp³-hybridized carbons (Fsp3) is 0.111. The molecule has 0 spiro atoms. The molecule has 0 aliphatic heterocycles. The van der Waals surface area contributed by atoms with Crippen LogP contribution in [0.25, 0.3) is 0 Å². The van der Waals surface area contributed by atoms with E-state index in [9.17, 15) is 9.18 Å². The number of rotatable bonds is 6. The molecular formula is C18H15BrFN5O3. The number of hydrogen-bond donors (Lipinski definition) is 2. The van der Waals surface area contributed by atoms with E-state index < -0.39 is 11.7 Å². The smallest absolute Gasteiger partial charge is 0.263 e. The molecule has 0 bridgehead atoms. The van der Waals surface area contributed by atoms with E-state index >= 15 is 0 Å². The molecule has 3 aromatic rings. The molecule has 0 aliphatic carbocycles. The van der Waals surface area contributed by atoms with Gasteiger partial charge in [0.1, 0.15) is 11.6 Å². The van der Waals surface area contributed by atoms with Crippen molar-refractivity contribution in [2.24, 2.45) is 10.7 Å². The van der Waals surface area contributed by atoms with Gasteiger partial charge in [0.25, 0.3) is 5.91 Å². The lowest BCUT2D eigenvalue weighted by Gasteiger charge is -2.06. The third-order valence-corrected chi connectivity index (χ3v) is 4.14. The molecular weight excluding hydrogens is 433 g/mol. The molecule has 1 aromatic heterocycles. The highest BCUT2D eigenvalue weighted by atomic mass is 79.9. The molecule has 0 radical (unpaired) electrons. The Bertz CT molecular complexity index is 1020. The fourth-order valence-electron chi connectivity index (χ4n) is 2.14. The Morgan fingerprint density at radius 2 is 2.04 bits per heavy atom. The van der Waals surface area contributed by atoms with Crippen LogP contribution in [0.15, 0.2) is 56.6 Å². The van der Waals surface area contributed by atoms with Crippen molar-refractivity contribution in [2.45, 2.75) is 6.92 Å². The van der Waals surface area contributed by atoms with Crippen molar-refractivity contribution in [3.05, 3.63) is 64.0 Å². The molecule has 0 saturated heterocycles. The Morgan fingerprint density at radius 1 is 1.29 bits per heavy atom. The summed E-state index contributed by atoms with van der Waals surface area (Å²) in [6.07, 6.45) is 0. The van der Waals surface area contributed by atoms with Crippen LogP contribution < -0.4 is 15.8 Å². The van der Waals surface area contributed by atoms with Crippen molar-refractivity contribution >= 4 is 39.2 Å². The number of amidine groups is 1. The zero-order valence-electron chi connectivity index (χ0n) is 14.6. The number of carbonyl (C=O) groups excluding carboxylic acids is 1. The molecule has 0 unspecified atom stereocenters. The summed E-state index contributed by atoms with van der Waals surface area (Å²) in [5.74, 6) is -0.409. The average Bonchev–Trinajstić information content (AvgIpc) is 3.12. The maximum absolute atomic E-state index is 13.3. The second-order valence-corrected chi connectivity index (χ2v) is 6.56. The first-order valence-electron chi connectivity index (χ1n) is 8.04. The zero-order chi connectivity index (χ0) is 20.1. The van der Waals surface area contributed by atoms with Crippen LogP contribution in [0, 0.1) is 12.7 Å². The predicted octanol–water partition coefficient (Wildman–Crippen LogP) is 3.33. The minimum atomic E-state index is -0.477. The number of ether oxygens (including phenoxy) is 1. The number of anilines is 1. The molecule has 0 saturated carbocycles.